The minimum atomic E-state index is -4.46. The molecule has 0 saturated heterocycles. The van der Waals surface area contributed by atoms with Crippen LogP contribution in [0.1, 0.15) is 42.3 Å². The number of nitrogens with zero attached hydrogens (tertiary/aromatic N) is 1. The van der Waals surface area contributed by atoms with Crippen molar-refractivity contribution in [2.75, 3.05) is 0 Å². The number of carbonyl (C=O) groups is 1. The minimum absolute atomic E-state index is 0.0769. The van der Waals surface area contributed by atoms with Crippen LogP contribution in [-0.2, 0) is 16.0 Å². The Bertz CT molecular complexity index is 844. The topological polar surface area (TPSA) is 59.3 Å². The van der Waals surface area contributed by atoms with Crippen molar-refractivity contribution in [3.8, 4) is 17.2 Å². The second-order valence-electron chi connectivity index (χ2n) is 6.51. The van der Waals surface area contributed by atoms with Gasteiger partial charge in [-0.25, -0.2) is 4.79 Å². The highest BCUT2D eigenvalue weighted by molar-refractivity contribution is 5.97. The monoisotopic (exact) mass is 363 g/mol. The standard InChI is InChI=1S/C19H16F3NO3/c1-18(2,3)26-25-17(24)15-9-4-12(11-23)10-16(15)13-5-7-14(8-6-13)19(20,21)22/h4-10H,1-3H3. The van der Waals surface area contributed by atoms with Gasteiger partial charge in [0.2, 0.25) is 0 Å². The molecular formula is C19H16F3NO3. The van der Waals surface area contributed by atoms with Gasteiger partial charge in [0.1, 0.15) is 5.60 Å². The van der Waals surface area contributed by atoms with E-state index in [1.54, 1.807) is 20.8 Å². The fourth-order valence-electron chi connectivity index (χ4n) is 2.08. The van der Waals surface area contributed by atoms with Crippen LogP contribution in [0.3, 0.4) is 0 Å². The molecule has 136 valence electrons. The molecule has 0 fully saturated rings. The van der Waals surface area contributed by atoms with Crippen LogP contribution in [0.4, 0.5) is 13.2 Å². The predicted molar refractivity (Wildman–Crippen MR) is 87.8 cm³/mol. The van der Waals surface area contributed by atoms with Gasteiger partial charge >= 0.3 is 12.1 Å². The van der Waals surface area contributed by atoms with Gasteiger partial charge in [0, 0.05) is 0 Å². The molecule has 2 aromatic carbocycles. The molecule has 0 aliphatic carbocycles. The number of halogens is 3. The molecule has 0 amide bonds. The van der Waals surface area contributed by atoms with E-state index < -0.39 is 23.3 Å². The Morgan fingerprint density at radius 2 is 1.65 bits per heavy atom. The van der Waals surface area contributed by atoms with Gasteiger partial charge in [-0.05, 0) is 62.2 Å². The van der Waals surface area contributed by atoms with Crippen LogP contribution in [0.5, 0.6) is 0 Å². The van der Waals surface area contributed by atoms with Crippen LogP contribution in [0.25, 0.3) is 11.1 Å². The molecule has 0 unspecified atom stereocenters. The summed E-state index contributed by atoms with van der Waals surface area (Å²) < 4.78 is 38.2. The summed E-state index contributed by atoms with van der Waals surface area (Å²) in [6.07, 6.45) is -4.46. The van der Waals surface area contributed by atoms with Crippen molar-refractivity contribution < 1.29 is 27.7 Å². The Hall–Kier alpha value is -2.85. The fourth-order valence-corrected chi connectivity index (χ4v) is 2.08. The van der Waals surface area contributed by atoms with E-state index in [4.69, 9.17) is 15.0 Å². The van der Waals surface area contributed by atoms with Crippen LogP contribution < -0.4 is 0 Å². The fraction of sp³-hybridized carbons (Fsp3) is 0.263. The Labute approximate surface area is 148 Å². The van der Waals surface area contributed by atoms with Crippen molar-refractivity contribution in [1.82, 2.24) is 0 Å². The van der Waals surface area contributed by atoms with Crippen molar-refractivity contribution in [3.63, 3.8) is 0 Å². The molecule has 2 aromatic rings. The molecule has 0 aromatic heterocycles. The van der Waals surface area contributed by atoms with Gasteiger partial charge in [-0.2, -0.15) is 23.3 Å². The minimum Gasteiger partial charge on any atom is -0.292 e. The first-order valence-corrected chi connectivity index (χ1v) is 7.63. The Kier molecular flexibility index (Phi) is 5.38. The van der Waals surface area contributed by atoms with Crippen LogP contribution in [0.2, 0.25) is 0 Å². The zero-order valence-corrected chi connectivity index (χ0v) is 14.3. The molecule has 0 saturated carbocycles. The molecule has 0 aliphatic rings. The van der Waals surface area contributed by atoms with E-state index in [-0.39, 0.29) is 16.7 Å². The molecule has 0 heterocycles. The smallest absolute Gasteiger partial charge is 0.292 e. The summed E-state index contributed by atoms with van der Waals surface area (Å²) in [7, 11) is 0. The SMILES string of the molecule is CC(C)(C)OOC(=O)c1ccc(C#N)cc1-c1ccc(C(F)(F)F)cc1. The van der Waals surface area contributed by atoms with Crippen LogP contribution >= 0.6 is 0 Å². The summed E-state index contributed by atoms with van der Waals surface area (Å²) in [4.78, 5) is 22.1. The lowest BCUT2D eigenvalue weighted by atomic mass is 9.96. The number of benzene rings is 2. The summed E-state index contributed by atoms with van der Waals surface area (Å²) >= 11 is 0. The number of nitriles is 1. The average molecular weight is 363 g/mol. The third-order valence-electron chi connectivity index (χ3n) is 3.26. The van der Waals surface area contributed by atoms with Gasteiger partial charge < -0.3 is 0 Å². The second-order valence-corrected chi connectivity index (χ2v) is 6.51. The van der Waals surface area contributed by atoms with Gasteiger partial charge in [-0.3, -0.25) is 4.89 Å². The van der Waals surface area contributed by atoms with Crippen molar-refractivity contribution in [2.24, 2.45) is 0 Å². The molecule has 0 spiro atoms. The zero-order chi connectivity index (χ0) is 19.5. The Morgan fingerprint density at radius 3 is 2.15 bits per heavy atom. The van der Waals surface area contributed by atoms with E-state index in [1.165, 1.54) is 30.3 Å². The molecule has 0 aliphatic heterocycles. The molecular weight excluding hydrogens is 347 g/mol. The first-order chi connectivity index (χ1) is 12.0. The van der Waals surface area contributed by atoms with Gasteiger partial charge in [0.15, 0.2) is 0 Å². The van der Waals surface area contributed by atoms with Crippen molar-refractivity contribution in [3.05, 3.63) is 59.2 Å². The third-order valence-corrected chi connectivity index (χ3v) is 3.26. The predicted octanol–water partition coefficient (Wildman–Crippen LogP) is 5.13. The molecule has 0 N–H and O–H groups in total. The summed E-state index contributed by atoms with van der Waals surface area (Å²) in [5, 5.41) is 9.06. The van der Waals surface area contributed by atoms with E-state index in [1.807, 2.05) is 6.07 Å². The van der Waals surface area contributed by atoms with Crippen molar-refractivity contribution >= 4 is 5.97 Å². The first-order valence-electron chi connectivity index (χ1n) is 7.63. The summed E-state index contributed by atoms with van der Waals surface area (Å²) in [6.45, 7) is 5.07. The summed E-state index contributed by atoms with van der Waals surface area (Å²) in [5.74, 6) is -0.806. The van der Waals surface area contributed by atoms with E-state index in [9.17, 15) is 18.0 Å². The number of carbonyl (C=O) groups excluding carboxylic acids is 1. The maximum Gasteiger partial charge on any atom is 0.416 e. The number of hydrogen-bond acceptors (Lipinski definition) is 4. The highest BCUT2D eigenvalue weighted by Gasteiger charge is 2.30. The second kappa shape index (κ2) is 7.18. The van der Waals surface area contributed by atoms with E-state index in [0.717, 1.165) is 12.1 Å². The number of hydrogen-bond donors (Lipinski definition) is 0. The largest absolute Gasteiger partial charge is 0.416 e. The summed E-state index contributed by atoms with van der Waals surface area (Å²) in [6, 6.07) is 10.4. The highest BCUT2D eigenvalue weighted by atomic mass is 19.4. The molecule has 0 atom stereocenters. The lowest BCUT2D eigenvalue weighted by Crippen LogP contribution is -2.22. The van der Waals surface area contributed by atoms with E-state index in [0.29, 0.717) is 5.56 Å². The molecule has 2 rings (SSSR count). The van der Waals surface area contributed by atoms with Gasteiger partial charge in [-0.1, -0.05) is 12.1 Å². The molecule has 26 heavy (non-hydrogen) atoms. The number of alkyl halides is 3. The normalized spacial score (nSPS) is 11.7. The summed E-state index contributed by atoms with van der Waals surface area (Å²) in [5.41, 5.74) is -0.575. The first kappa shape index (κ1) is 19.5. The zero-order valence-electron chi connectivity index (χ0n) is 14.3. The van der Waals surface area contributed by atoms with Gasteiger partial charge in [-0.15, -0.1) is 0 Å². The molecule has 4 nitrogen and oxygen atoms in total. The van der Waals surface area contributed by atoms with Crippen LogP contribution in [0, 0.1) is 11.3 Å². The highest BCUT2D eigenvalue weighted by Crippen LogP contribution is 2.32. The van der Waals surface area contributed by atoms with Gasteiger partial charge in [0.25, 0.3) is 0 Å². The molecule has 0 bridgehead atoms. The number of rotatable bonds is 3. The van der Waals surface area contributed by atoms with Crippen LogP contribution in [0.15, 0.2) is 42.5 Å². The van der Waals surface area contributed by atoms with Gasteiger partial charge in [0.05, 0.1) is 22.8 Å². The lowest BCUT2D eigenvalue weighted by molar-refractivity contribution is -0.301. The maximum atomic E-state index is 12.7. The molecule has 0 radical (unpaired) electrons. The molecule has 7 heteroatoms. The average Bonchev–Trinajstić information content (AvgIpc) is 2.58. The van der Waals surface area contributed by atoms with E-state index >= 15 is 0 Å². The Morgan fingerprint density at radius 1 is 1.04 bits per heavy atom. The van der Waals surface area contributed by atoms with E-state index in [2.05, 4.69) is 0 Å². The van der Waals surface area contributed by atoms with Crippen LogP contribution in [-0.4, -0.2) is 11.6 Å². The third kappa shape index (κ3) is 4.83. The Balaban J connectivity index is 2.43. The lowest BCUT2D eigenvalue weighted by Gasteiger charge is -2.17. The maximum absolute atomic E-state index is 12.7. The quantitative estimate of drug-likeness (QED) is 0.560. The van der Waals surface area contributed by atoms with Crippen molar-refractivity contribution in [1.29, 1.82) is 5.26 Å². The van der Waals surface area contributed by atoms with Crippen molar-refractivity contribution in [2.45, 2.75) is 32.5 Å².